The number of nitrogens with one attached hydrogen (secondary N) is 2. The highest BCUT2D eigenvalue weighted by Crippen LogP contribution is 2.32. The fourth-order valence-corrected chi connectivity index (χ4v) is 4.27. The van der Waals surface area contributed by atoms with Gasteiger partial charge in [-0.1, -0.05) is 18.2 Å². The van der Waals surface area contributed by atoms with Crippen LogP contribution in [0.15, 0.2) is 53.4 Å². The monoisotopic (exact) mass is 395 g/mol. The highest BCUT2D eigenvalue weighted by molar-refractivity contribution is 8.00. The van der Waals surface area contributed by atoms with E-state index in [2.05, 4.69) is 10.6 Å². The van der Waals surface area contributed by atoms with Crippen LogP contribution in [0.4, 0.5) is 5.69 Å². The molecule has 0 radical (unpaired) electrons. The Kier molecular flexibility index (Phi) is 5.34. The third kappa shape index (κ3) is 4.04. The topological polar surface area (TPSA) is 78.5 Å². The summed E-state index contributed by atoms with van der Waals surface area (Å²) >= 11 is 1.48. The summed E-state index contributed by atoms with van der Waals surface area (Å²) in [5.74, 6) is 0.244. The van der Waals surface area contributed by atoms with Crippen LogP contribution in [0.1, 0.15) is 33.6 Å². The molecule has 0 atom stereocenters. The van der Waals surface area contributed by atoms with Crippen molar-refractivity contribution >= 4 is 35.2 Å². The number of rotatable bonds is 3. The van der Waals surface area contributed by atoms with E-state index in [-0.39, 0.29) is 23.8 Å². The van der Waals surface area contributed by atoms with Crippen LogP contribution in [0, 0.1) is 0 Å². The Balaban J connectivity index is 1.35. The average Bonchev–Trinajstić information content (AvgIpc) is 2.74. The van der Waals surface area contributed by atoms with Gasteiger partial charge in [-0.15, -0.1) is 11.8 Å². The summed E-state index contributed by atoms with van der Waals surface area (Å²) in [7, 11) is 0. The van der Waals surface area contributed by atoms with Crippen LogP contribution >= 0.6 is 11.8 Å². The minimum Gasteiger partial charge on any atom is -0.349 e. The third-order valence-corrected chi connectivity index (χ3v) is 6.09. The van der Waals surface area contributed by atoms with Crippen molar-refractivity contribution in [2.45, 2.75) is 23.8 Å². The molecule has 7 heteroatoms. The van der Waals surface area contributed by atoms with Crippen molar-refractivity contribution in [3.8, 4) is 0 Å². The maximum atomic E-state index is 12.8. The Morgan fingerprint density at radius 2 is 1.79 bits per heavy atom. The molecule has 2 aliphatic rings. The SMILES string of the molecule is O=C1CSc2ccc(C(=O)N3CCC(NC(=O)c4ccccc4)CC3)cc2N1. The lowest BCUT2D eigenvalue weighted by Gasteiger charge is -2.32. The first-order valence-corrected chi connectivity index (χ1v) is 10.3. The number of hydrogen-bond acceptors (Lipinski definition) is 4. The molecule has 2 aromatic rings. The molecule has 0 bridgehead atoms. The number of carbonyl (C=O) groups excluding carboxylic acids is 3. The molecule has 2 heterocycles. The second kappa shape index (κ2) is 8.06. The molecular weight excluding hydrogens is 374 g/mol. The number of fused-ring (bicyclic) bond motifs is 1. The smallest absolute Gasteiger partial charge is 0.253 e. The summed E-state index contributed by atoms with van der Waals surface area (Å²) in [6.07, 6.45) is 1.45. The lowest BCUT2D eigenvalue weighted by atomic mass is 10.0. The molecule has 0 saturated carbocycles. The minimum absolute atomic E-state index is 0.0412. The summed E-state index contributed by atoms with van der Waals surface area (Å²) in [6, 6.07) is 14.7. The van der Waals surface area contributed by atoms with Crippen LogP contribution in [-0.2, 0) is 4.79 Å². The van der Waals surface area contributed by atoms with Crippen LogP contribution in [0.2, 0.25) is 0 Å². The minimum atomic E-state index is -0.0756. The van der Waals surface area contributed by atoms with E-state index in [1.807, 2.05) is 35.2 Å². The van der Waals surface area contributed by atoms with Gasteiger partial charge in [-0.05, 0) is 43.2 Å². The van der Waals surface area contributed by atoms with Crippen molar-refractivity contribution < 1.29 is 14.4 Å². The van der Waals surface area contributed by atoms with E-state index >= 15 is 0 Å². The molecule has 0 aliphatic carbocycles. The van der Waals surface area contributed by atoms with E-state index in [0.29, 0.717) is 35.7 Å². The number of thioether (sulfide) groups is 1. The largest absolute Gasteiger partial charge is 0.349 e. The molecule has 0 unspecified atom stereocenters. The van der Waals surface area contributed by atoms with Crippen molar-refractivity contribution in [1.82, 2.24) is 10.2 Å². The number of hydrogen-bond donors (Lipinski definition) is 2. The van der Waals surface area contributed by atoms with Crippen LogP contribution in [0.5, 0.6) is 0 Å². The van der Waals surface area contributed by atoms with Gasteiger partial charge in [0.15, 0.2) is 0 Å². The van der Waals surface area contributed by atoms with Gasteiger partial charge in [0.05, 0.1) is 11.4 Å². The third-order valence-electron chi connectivity index (χ3n) is 5.01. The van der Waals surface area contributed by atoms with Crippen molar-refractivity contribution in [2.24, 2.45) is 0 Å². The van der Waals surface area contributed by atoms with Crippen LogP contribution in [0.3, 0.4) is 0 Å². The highest BCUT2D eigenvalue weighted by atomic mass is 32.2. The highest BCUT2D eigenvalue weighted by Gasteiger charge is 2.26. The van der Waals surface area contributed by atoms with Gasteiger partial charge >= 0.3 is 0 Å². The number of carbonyl (C=O) groups is 3. The second-order valence-electron chi connectivity index (χ2n) is 6.95. The Bertz CT molecular complexity index is 908. The standard InChI is InChI=1S/C21H21N3O3S/c25-19-13-28-18-7-6-15(12-17(18)23-19)21(27)24-10-8-16(9-11-24)22-20(26)14-4-2-1-3-5-14/h1-7,12,16H,8-11,13H2,(H,22,26)(H,23,25). The Morgan fingerprint density at radius 1 is 1.04 bits per heavy atom. The Morgan fingerprint density at radius 3 is 2.54 bits per heavy atom. The van der Waals surface area contributed by atoms with Gasteiger partial charge < -0.3 is 15.5 Å². The fraction of sp³-hybridized carbons (Fsp3) is 0.286. The number of piperidine rings is 1. The number of anilines is 1. The first kappa shape index (κ1) is 18.6. The maximum absolute atomic E-state index is 12.8. The number of likely N-dealkylation sites (tertiary alicyclic amines) is 1. The van der Waals surface area contributed by atoms with Crippen LogP contribution < -0.4 is 10.6 Å². The van der Waals surface area contributed by atoms with Crippen LogP contribution in [-0.4, -0.2) is 47.5 Å². The molecule has 2 aliphatic heterocycles. The van der Waals surface area contributed by atoms with E-state index in [1.165, 1.54) is 11.8 Å². The van der Waals surface area contributed by atoms with Crippen molar-refractivity contribution in [3.63, 3.8) is 0 Å². The number of nitrogens with zero attached hydrogens (tertiary/aromatic N) is 1. The van der Waals surface area contributed by atoms with E-state index in [4.69, 9.17) is 0 Å². The van der Waals surface area contributed by atoms with E-state index in [9.17, 15) is 14.4 Å². The molecule has 144 valence electrons. The predicted octanol–water partition coefficient (Wildman–Crippen LogP) is 2.77. The van der Waals surface area contributed by atoms with Gasteiger partial charge in [0.1, 0.15) is 0 Å². The van der Waals surface area contributed by atoms with Gasteiger partial charge in [0, 0.05) is 35.2 Å². The summed E-state index contributed by atoms with van der Waals surface area (Å²) in [5.41, 5.74) is 1.93. The van der Waals surface area contributed by atoms with E-state index in [0.717, 1.165) is 17.7 Å². The number of amides is 3. The second-order valence-corrected chi connectivity index (χ2v) is 7.97. The van der Waals surface area contributed by atoms with Crippen molar-refractivity contribution in [1.29, 1.82) is 0 Å². The Labute approximate surface area is 167 Å². The van der Waals surface area contributed by atoms with Gasteiger partial charge in [0.25, 0.3) is 11.8 Å². The summed E-state index contributed by atoms with van der Waals surface area (Å²) in [4.78, 5) is 39.5. The van der Waals surface area contributed by atoms with Gasteiger partial charge in [0.2, 0.25) is 5.91 Å². The fourth-order valence-electron chi connectivity index (χ4n) is 3.48. The van der Waals surface area contributed by atoms with E-state index < -0.39 is 0 Å². The van der Waals surface area contributed by atoms with E-state index in [1.54, 1.807) is 18.2 Å². The van der Waals surface area contributed by atoms with Crippen molar-refractivity contribution in [3.05, 3.63) is 59.7 Å². The first-order valence-electron chi connectivity index (χ1n) is 9.32. The molecule has 0 aromatic heterocycles. The van der Waals surface area contributed by atoms with Crippen LogP contribution in [0.25, 0.3) is 0 Å². The molecule has 0 spiro atoms. The molecule has 1 fully saturated rings. The van der Waals surface area contributed by atoms with Gasteiger partial charge in [-0.2, -0.15) is 0 Å². The summed E-state index contributed by atoms with van der Waals surface area (Å²) in [5, 5.41) is 5.88. The molecule has 28 heavy (non-hydrogen) atoms. The lowest BCUT2D eigenvalue weighted by molar-refractivity contribution is -0.113. The normalized spacial score (nSPS) is 16.9. The molecule has 3 amide bonds. The first-order chi connectivity index (χ1) is 13.6. The zero-order chi connectivity index (χ0) is 19.5. The quantitative estimate of drug-likeness (QED) is 0.838. The summed E-state index contributed by atoms with van der Waals surface area (Å²) < 4.78 is 0. The van der Waals surface area contributed by atoms with Gasteiger partial charge in [-0.25, -0.2) is 0 Å². The molecule has 2 aromatic carbocycles. The molecule has 2 N–H and O–H groups in total. The molecule has 4 rings (SSSR count). The zero-order valence-electron chi connectivity index (χ0n) is 15.3. The summed E-state index contributed by atoms with van der Waals surface area (Å²) in [6.45, 7) is 1.19. The Hall–Kier alpha value is -2.80. The average molecular weight is 395 g/mol. The zero-order valence-corrected chi connectivity index (χ0v) is 16.1. The predicted molar refractivity (Wildman–Crippen MR) is 109 cm³/mol. The maximum Gasteiger partial charge on any atom is 0.253 e. The molecule has 6 nitrogen and oxygen atoms in total. The number of benzene rings is 2. The lowest BCUT2D eigenvalue weighted by Crippen LogP contribution is -2.46. The van der Waals surface area contributed by atoms with Crippen molar-refractivity contribution in [2.75, 3.05) is 24.2 Å². The molecule has 1 saturated heterocycles. The molecular formula is C21H21N3O3S. The van der Waals surface area contributed by atoms with Gasteiger partial charge in [-0.3, -0.25) is 14.4 Å².